The van der Waals surface area contributed by atoms with E-state index in [4.69, 9.17) is 16.7 Å². The zero-order valence-corrected chi connectivity index (χ0v) is 10.9. The number of benzene rings is 1. The normalized spacial score (nSPS) is 22.5. The van der Waals surface area contributed by atoms with Gasteiger partial charge in [0.1, 0.15) is 0 Å². The molecule has 0 spiro atoms. The van der Waals surface area contributed by atoms with Gasteiger partial charge in [0, 0.05) is 18.0 Å². The van der Waals surface area contributed by atoms with Gasteiger partial charge in [0.15, 0.2) is 0 Å². The molecule has 0 bridgehead atoms. The Morgan fingerprint density at radius 1 is 1.42 bits per heavy atom. The Morgan fingerprint density at radius 3 is 2.74 bits per heavy atom. The second kappa shape index (κ2) is 5.17. The van der Waals surface area contributed by atoms with E-state index < -0.39 is 17.7 Å². The van der Waals surface area contributed by atoms with Gasteiger partial charge < -0.3 is 10.0 Å². The zero-order chi connectivity index (χ0) is 14.0. The van der Waals surface area contributed by atoms with Gasteiger partial charge in [-0.3, -0.25) is 4.79 Å². The first kappa shape index (κ1) is 13.8. The van der Waals surface area contributed by atoms with Crippen molar-refractivity contribution < 1.29 is 19.1 Å². The highest BCUT2D eigenvalue weighted by Gasteiger charge is 2.50. The van der Waals surface area contributed by atoms with Gasteiger partial charge in [0.2, 0.25) is 5.91 Å². The van der Waals surface area contributed by atoms with Crippen LogP contribution < -0.4 is 0 Å². The molecule has 102 valence electrons. The predicted molar refractivity (Wildman–Crippen MR) is 67.6 cm³/mol. The number of hydrogen-bond acceptors (Lipinski definition) is 2. The van der Waals surface area contributed by atoms with Crippen LogP contribution in [0.25, 0.3) is 0 Å². The lowest BCUT2D eigenvalue weighted by Crippen LogP contribution is -2.50. The van der Waals surface area contributed by atoms with E-state index in [1.54, 1.807) is 24.3 Å². The average molecular weight is 286 g/mol. The second-order valence-corrected chi connectivity index (χ2v) is 4.89. The largest absolute Gasteiger partial charge is 0.477 e. The van der Waals surface area contributed by atoms with Gasteiger partial charge in [0.05, 0.1) is 6.42 Å². The first-order valence-electron chi connectivity index (χ1n) is 5.91. The molecule has 1 N–H and O–H groups in total. The number of nitrogens with zero attached hydrogens (tertiary/aromatic N) is 1. The van der Waals surface area contributed by atoms with E-state index in [1.807, 2.05) is 0 Å². The Bertz CT molecular complexity index is 522. The summed E-state index contributed by atoms with van der Waals surface area (Å²) in [7, 11) is 0. The van der Waals surface area contributed by atoms with Crippen molar-refractivity contribution in [3.05, 3.63) is 34.9 Å². The van der Waals surface area contributed by atoms with E-state index in [1.165, 1.54) is 0 Å². The summed E-state index contributed by atoms with van der Waals surface area (Å²) >= 11 is 5.93. The quantitative estimate of drug-likeness (QED) is 0.867. The van der Waals surface area contributed by atoms with Crippen molar-refractivity contribution in [1.29, 1.82) is 0 Å². The van der Waals surface area contributed by atoms with Gasteiger partial charge in [-0.15, -0.1) is 0 Å². The minimum Gasteiger partial charge on any atom is -0.477 e. The average Bonchev–Trinajstić information content (AvgIpc) is 2.76. The Kier molecular flexibility index (Phi) is 3.75. The van der Waals surface area contributed by atoms with Crippen LogP contribution in [0.4, 0.5) is 4.39 Å². The Hall–Kier alpha value is -1.62. The fourth-order valence-corrected chi connectivity index (χ4v) is 2.43. The Balaban J connectivity index is 2.17. The zero-order valence-electron chi connectivity index (χ0n) is 10.1. The van der Waals surface area contributed by atoms with E-state index in [-0.39, 0.29) is 19.4 Å². The molecule has 0 radical (unpaired) electrons. The highest BCUT2D eigenvalue weighted by Crippen LogP contribution is 2.32. The number of halogens is 2. The molecule has 1 aromatic carbocycles. The van der Waals surface area contributed by atoms with Crippen LogP contribution in [0.5, 0.6) is 0 Å². The smallest absolute Gasteiger partial charge is 0.362 e. The van der Waals surface area contributed by atoms with Gasteiger partial charge in [-0.25, -0.2) is 9.18 Å². The molecule has 1 atom stereocenters. The van der Waals surface area contributed by atoms with Crippen LogP contribution in [0, 0.1) is 0 Å². The molecule has 6 heteroatoms. The summed E-state index contributed by atoms with van der Waals surface area (Å²) in [6.07, 6.45) is 0.0757. The summed E-state index contributed by atoms with van der Waals surface area (Å²) in [5.74, 6) is -4.76. The van der Waals surface area contributed by atoms with Crippen molar-refractivity contribution in [2.75, 3.05) is 6.54 Å². The molecule has 0 aromatic heterocycles. The van der Waals surface area contributed by atoms with Crippen LogP contribution in [-0.4, -0.2) is 34.2 Å². The summed E-state index contributed by atoms with van der Waals surface area (Å²) < 4.78 is 14.2. The first-order chi connectivity index (χ1) is 8.95. The van der Waals surface area contributed by atoms with Crippen LogP contribution in [0.15, 0.2) is 24.3 Å². The lowest BCUT2D eigenvalue weighted by atomic mass is 10.1. The first-order valence-corrected chi connectivity index (χ1v) is 6.29. The fourth-order valence-electron chi connectivity index (χ4n) is 2.23. The third kappa shape index (κ3) is 2.56. The molecule has 0 unspecified atom stereocenters. The molecule has 0 aliphatic carbocycles. The van der Waals surface area contributed by atoms with Crippen LogP contribution in [0.3, 0.4) is 0 Å². The SMILES string of the molecule is O=C(Cc1ccccc1Cl)N1CCC[C@@]1(F)C(=O)O. The third-order valence-electron chi connectivity index (χ3n) is 3.25. The topological polar surface area (TPSA) is 57.6 Å². The second-order valence-electron chi connectivity index (χ2n) is 4.48. The maximum atomic E-state index is 14.2. The summed E-state index contributed by atoms with van der Waals surface area (Å²) in [5, 5.41) is 9.33. The monoisotopic (exact) mass is 285 g/mol. The maximum absolute atomic E-state index is 14.2. The van der Waals surface area contributed by atoms with Gasteiger partial charge >= 0.3 is 5.97 Å². The minimum atomic E-state index is -2.58. The van der Waals surface area contributed by atoms with Crippen molar-refractivity contribution in [3.63, 3.8) is 0 Å². The number of hydrogen-bond donors (Lipinski definition) is 1. The molecule has 1 heterocycles. The van der Waals surface area contributed by atoms with Crippen LogP contribution in [0.1, 0.15) is 18.4 Å². The molecule has 1 fully saturated rings. The number of aliphatic carboxylic acids is 1. The van der Waals surface area contributed by atoms with Gasteiger partial charge in [-0.05, 0) is 18.1 Å². The van der Waals surface area contributed by atoms with Gasteiger partial charge in [-0.1, -0.05) is 29.8 Å². The molecule has 19 heavy (non-hydrogen) atoms. The van der Waals surface area contributed by atoms with E-state index in [9.17, 15) is 14.0 Å². The molecule has 4 nitrogen and oxygen atoms in total. The Morgan fingerprint density at radius 2 is 2.11 bits per heavy atom. The number of carboxylic acid groups (broad SMARTS) is 1. The van der Waals surface area contributed by atoms with E-state index >= 15 is 0 Å². The van der Waals surface area contributed by atoms with Gasteiger partial charge in [0.25, 0.3) is 5.79 Å². The fraction of sp³-hybridized carbons (Fsp3) is 0.385. The summed E-state index contributed by atoms with van der Waals surface area (Å²) in [6, 6.07) is 6.74. The third-order valence-corrected chi connectivity index (χ3v) is 3.61. The molecule has 2 rings (SSSR count). The maximum Gasteiger partial charge on any atom is 0.362 e. The van der Waals surface area contributed by atoms with Crippen LogP contribution in [0.2, 0.25) is 5.02 Å². The summed E-state index contributed by atoms with van der Waals surface area (Å²) in [4.78, 5) is 23.8. The molecule has 1 amide bonds. The highest BCUT2D eigenvalue weighted by molar-refractivity contribution is 6.31. The standard InChI is InChI=1S/C13H13ClFNO3/c14-10-5-2-1-4-9(10)8-11(17)16-7-3-6-13(16,15)12(18)19/h1-2,4-5H,3,6-8H2,(H,18,19)/t13-/m0/s1. The van der Waals surface area contributed by atoms with Crippen LogP contribution >= 0.6 is 11.6 Å². The molecule has 1 aliphatic heterocycles. The molecule has 0 saturated carbocycles. The summed E-state index contributed by atoms with van der Waals surface area (Å²) in [6.45, 7) is 0.117. The van der Waals surface area contributed by atoms with Gasteiger partial charge in [-0.2, -0.15) is 0 Å². The minimum absolute atomic E-state index is 0.0986. The number of carbonyl (C=O) groups is 2. The lowest BCUT2D eigenvalue weighted by Gasteiger charge is -2.27. The number of rotatable bonds is 3. The molecule has 1 aromatic rings. The van der Waals surface area contributed by atoms with E-state index in [0.717, 1.165) is 4.90 Å². The Labute approximate surface area is 114 Å². The van der Waals surface area contributed by atoms with Crippen molar-refractivity contribution in [1.82, 2.24) is 4.90 Å². The van der Waals surface area contributed by atoms with Crippen molar-refractivity contribution in [2.24, 2.45) is 0 Å². The molecular formula is C13H13ClFNO3. The van der Waals surface area contributed by atoms with Crippen molar-refractivity contribution in [2.45, 2.75) is 25.1 Å². The summed E-state index contributed by atoms with van der Waals surface area (Å²) in [5.41, 5.74) is 0.564. The number of carboxylic acids is 1. The number of likely N-dealkylation sites (tertiary alicyclic amines) is 1. The lowest BCUT2D eigenvalue weighted by molar-refractivity contribution is -0.169. The van der Waals surface area contributed by atoms with Crippen molar-refractivity contribution in [3.8, 4) is 0 Å². The van der Waals surface area contributed by atoms with E-state index in [2.05, 4.69) is 0 Å². The van der Waals surface area contributed by atoms with E-state index in [0.29, 0.717) is 17.0 Å². The molecular weight excluding hydrogens is 273 g/mol. The number of amides is 1. The highest BCUT2D eigenvalue weighted by atomic mass is 35.5. The number of carbonyl (C=O) groups excluding carboxylic acids is 1. The predicted octanol–water partition coefficient (Wildman–Crippen LogP) is 2.26. The van der Waals surface area contributed by atoms with Crippen molar-refractivity contribution >= 4 is 23.5 Å². The molecule has 1 aliphatic rings. The van der Waals surface area contributed by atoms with Crippen LogP contribution in [-0.2, 0) is 16.0 Å². The number of alkyl halides is 1. The molecule has 1 saturated heterocycles.